The van der Waals surface area contributed by atoms with Crippen molar-refractivity contribution in [2.75, 3.05) is 6.61 Å². The van der Waals surface area contributed by atoms with Crippen molar-refractivity contribution < 1.29 is 17.7 Å². The third-order valence-electron chi connectivity index (χ3n) is 6.65. The molecule has 5 heteroatoms. The maximum Gasteiger partial charge on any atom is 0.296 e. The molecule has 2 aliphatic carbocycles. The minimum Gasteiger partial charge on any atom is -0.393 e. The number of hydrogen-bond donors (Lipinski definition) is 1. The van der Waals surface area contributed by atoms with E-state index in [1.165, 1.54) is 0 Å². The van der Waals surface area contributed by atoms with Crippen LogP contribution >= 0.6 is 0 Å². The van der Waals surface area contributed by atoms with Gasteiger partial charge >= 0.3 is 0 Å². The van der Waals surface area contributed by atoms with Gasteiger partial charge in [0.05, 0.1) is 17.6 Å². The Morgan fingerprint density at radius 1 is 1.24 bits per heavy atom. The van der Waals surface area contributed by atoms with Crippen LogP contribution in [-0.2, 0) is 14.3 Å². The van der Waals surface area contributed by atoms with Gasteiger partial charge < -0.3 is 5.11 Å². The first-order chi connectivity index (χ1) is 11.7. The second-order valence-electron chi connectivity index (χ2n) is 8.28. The molecule has 25 heavy (non-hydrogen) atoms. The highest BCUT2D eigenvalue weighted by molar-refractivity contribution is 7.86. The lowest BCUT2D eigenvalue weighted by Gasteiger charge is -2.45. The molecule has 0 aliphatic heterocycles. The predicted octanol–water partition coefficient (Wildman–Crippen LogP) is 3.91. The normalized spacial score (nSPS) is 33.8. The van der Waals surface area contributed by atoms with E-state index < -0.39 is 10.1 Å². The largest absolute Gasteiger partial charge is 0.393 e. The van der Waals surface area contributed by atoms with Crippen molar-refractivity contribution in [3.63, 3.8) is 0 Å². The Balaban J connectivity index is 1.66. The molecule has 1 aromatic carbocycles. The average Bonchev–Trinajstić information content (AvgIpc) is 2.92. The lowest BCUT2D eigenvalue weighted by molar-refractivity contribution is -0.0307. The van der Waals surface area contributed by atoms with Crippen LogP contribution in [0, 0.1) is 30.1 Å². The van der Waals surface area contributed by atoms with E-state index in [2.05, 4.69) is 13.8 Å². The summed E-state index contributed by atoms with van der Waals surface area (Å²) in [4.78, 5) is 0.217. The van der Waals surface area contributed by atoms with Gasteiger partial charge in [-0.15, -0.1) is 0 Å². The fourth-order valence-electron chi connectivity index (χ4n) is 5.21. The molecule has 0 radical (unpaired) electrons. The van der Waals surface area contributed by atoms with Crippen LogP contribution in [0.2, 0.25) is 0 Å². The molecule has 5 atom stereocenters. The van der Waals surface area contributed by atoms with Gasteiger partial charge in [-0.3, -0.25) is 4.18 Å². The van der Waals surface area contributed by atoms with Gasteiger partial charge in [0.1, 0.15) is 0 Å². The highest BCUT2D eigenvalue weighted by atomic mass is 32.2. The number of hydrogen-bond acceptors (Lipinski definition) is 4. The Morgan fingerprint density at radius 2 is 1.92 bits per heavy atom. The van der Waals surface area contributed by atoms with Gasteiger partial charge in [0.15, 0.2) is 0 Å². The highest BCUT2D eigenvalue weighted by Crippen LogP contribution is 2.57. The van der Waals surface area contributed by atoms with E-state index in [4.69, 9.17) is 4.18 Å². The summed E-state index contributed by atoms with van der Waals surface area (Å²) in [5.74, 6) is 0.906. The van der Waals surface area contributed by atoms with Gasteiger partial charge in [0.25, 0.3) is 10.1 Å². The first-order valence-corrected chi connectivity index (χ1v) is 10.8. The van der Waals surface area contributed by atoms with Gasteiger partial charge in [-0.2, -0.15) is 8.42 Å². The molecule has 0 unspecified atom stereocenters. The summed E-state index contributed by atoms with van der Waals surface area (Å²) in [7, 11) is -3.71. The van der Waals surface area contributed by atoms with Crippen molar-refractivity contribution in [2.24, 2.45) is 23.2 Å². The molecule has 4 nitrogen and oxygen atoms in total. The van der Waals surface area contributed by atoms with Crippen LogP contribution in [0.1, 0.15) is 51.5 Å². The molecule has 0 amide bonds. The first-order valence-electron chi connectivity index (χ1n) is 9.38. The molecule has 0 aromatic heterocycles. The van der Waals surface area contributed by atoms with Gasteiger partial charge in [0, 0.05) is 0 Å². The molecule has 2 aliphatic rings. The standard InChI is InChI=1S/C20H30O4S/c1-14-6-8-16(9-7-14)25(22,23)24-13-15(2)17-10-11-18-19(21)5-4-12-20(17,18)3/h6-9,15,17-19,21H,4-5,10-13H2,1-3H3/t15-,17-,18+,19-,20-/m1/s1. The quantitative estimate of drug-likeness (QED) is 0.803. The van der Waals surface area contributed by atoms with Crippen LogP contribution in [0.4, 0.5) is 0 Å². The summed E-state index contributed by atoms with van der Waals surface area (Å²) < 4.78 is 30.2. The zero-order valence-corrected chi connectivity index (χ0v) is 16.3. The number of aliphatic hydroxyl groups is 1. The maximum atomic E-state index is 12.4. The highest BCUT2D eigenvalue weighted by Gasteiger charge is 2.52. The summed E-state index contributed by atoms with van der Waals surface area (Å²) in [5, 5.41) is 10.3. The van der Waals surface area contributed by atoms with Gasteiger partial charge in [-0.05, 0) is 67.9 Å². The number of benzene rings is 1. The fraction of sp³-hybridized carbons (Fsp3) is 0.700. The van der Waals surface area contributed by atoms with Crippen LogP contribution in [0.5, 0.6) is 0 Å². The zero-order valence-electron chi connectivity index (χ0n) is 15.4. The van der Waals surface area contributed by atoms with Gasteiger partial charge in [-0.1, -0.05) is 38.0 Å². The molecule has 140 valence electrons. The molecule has 2 fully saturated rings. The predicted molar refractivity (Wildman–Crippen MR) is 97.7 cm³/mol. The van der Waals surface area contributed by atoms with Gasteiger partial charge in [0.2, 0.25) is 0 Å². The van der Waals surface area contributed by atoms with E-state index in [9.17, 15) is 13.5 Å². The van der Waals surface area contributed by atoms with E-state index in [0.29, 0.717) is 11.8 Å². The van der Waals surface area contributed by atoms with E-state index in [-0.39, 0.29) is 28.9 Å². The van der Waals surface area contributed by atoms with Crippen molar-refractivity contribution in [3.05, 3.63) is 29.8 Å². The monoisotopic (exact) mass is 366 g/mol. The Kier molecular flexibility index (Phi) is 5.29. The van der Waals surface area contributed by atoms with Crippen LogP contribution < -0.4 is 0 Å². The van der Waals surface area contributed by atoms with E-state index in [1.54, 1.807) is 24.3 Å². The summed E-state index contributed by atoms with van der Waals surface area (Å²) in [6, 6.07) is 6.76. The molecule has 0 bridgehead atoms. The number of aryl methyl sites for hydroxylation is 1. The summed E-state index contributed by atoms with van der Waals surface area (Å²) >= 11 is 0. The molecule has 2 saturated carbocycles. The van der Waals surface area contributed by atoms with Crippen molar-refractivity contribution in [3.8, 4) is 0 Å². The Hall–Kier alpha value is -0.910. The zero-order chi connectivity index (χ0) is 18.2. The maximum absolute atomic E-state index is 12.4. The van der Waals surface area contributed by atoms with Crippen molar-refractivity contribution >= 4 is 10.1 Å². The van der Waals surface area contributed by atoms with Crippen molar-refractivity contribution in [1.82, 2.24) is 0 Å². The first kappa shape index (κ1) is 18.9. The van der Waals surface area contributed by atoms with E-state index in [1.807, 2.05) is 6.92 Å². The topological polar surface area (TPSA) is 63.6 Å². The molecule has 0 spiro atoms. The lowest BCUT2D eigenvalue weighted by atomic mass is 9.62. The fourth-order valence-corrected chi connectivity index (χ4v) is 6.21. The summed E-state index contributed by atoms with van der Waals surface area (Å²) in [6.07, 6.45) is 4.96. The number of rotatable bonds is 5. The van der Waals surface area contributed by atoms with Gasteiger partial charge in [-0.25, -0.2) is 0 Å². The molecule has 0 saturated heterocycles. The minimum atomic E-state index is -3.71. The third-order valence-corrected chi connectivity index (χ3v) is 7.94. The second-order valence-corrected chi connectivity index (χ2v) is 9.90. The molecular formula is C20H30O4S. The molecule has 1 N–H and O–H groups in total. The molecular weight excluding hydrogens is 336 g/mol. The Bertz CT molecular complexity index is 697. The van der Waals surface area contributed by atoms with Crippen LogP contribution in [0.25, 0.3) is 0 Å². The lowest BCUT2D eigenvalue weighted by Crippen LogP contribution is -2.42. The summed E-state index contributed by atoms with van der Waals surface area (Å²) in [6.45, 7) is 6.50. The smallest absolute Gasteiger partial charge is 0.296 e. The molecule has 0 heterocycles. The van der Waals surface area contributed by atoms with Crippen molar-refractivity contribution in [2.45, 2.75) is 63.9 Å². The summed E-state index contributed by atoms with van der Waals surface area (Å²) in [5.41, 5.74) is 1.13. The average molecular weight is 367 g/mol. The van der Waals surface area contributed by atoms with E-state index >= 15 is 0 Å². The Morgan fingerprint density at radius 3 is 2.60 bits per heavy atom. The Labute approximate surface area is 151 Å². The second kappa shape index (κ2) is 7.01. The number of fused-ring (bicyclic) bond motifs is 1. The van der Waals surface area contributed by atoms with Crippen molar-refractivity contribution in [1.29, 1.82) is 0 Å². The SMILES string of the molecule is Cc1ccc(S(=O)(=O)OC[C@@H](C)[C@H]2CC[C@H]3[C@H](O)CCC[C@]23C)cc1. The minimum absolute atomic E-state index is 0.105. The molecule has 3 rings (SSSR count). The van der Waals surface area contributed by atoms with Crippen LogP contribution in [0.3, 0.4) is 0 Å². The van der Waals surface area contributed by atoms with E-state index in [0.717, 1.165) is 37.7 Å². The number of aliphatic hydroxyl groups excluding tert-OH is 1. The van der Waals surface area contributed by atoms with Crippen LogP contribution in [-0.4, -0.2) is 26.2 Å². The van der Waals surface area contributed by atoms with Crippen LogP contribution in [0.15, 0.2) is 29.2 Å². The molecule has 1 aromatic rings. The third kappa shape index (κ3) is 3.64.